The third-order valence-electron chi connectivity index (χ3n) is 4.80. The Kier molecular flexibility index (Phi) is 5.91. The van der Waals surface area contributed by atoms with Crippen molar-refractivity contribution in [3.8, 4) is 0 Å². The molecule has 3 aromatic rings. The van der Waals surface area contributed by atoms with E-state index in [1.54, 1.807) is 0 Å². The highest BCUT2D eigenvalue weighted by atomic mass is 16.5. The van der Waals surface area contributed by atoms with Crippen LogP contribution in [0.25, 0.3) is 21.9 Å². The first-order chi connectivity index (χ1) is 13.1. The van der Waals surface area contributed by atoms with Crippen molar-refractivity contribution in [3.05, 3.63) is 29.6 Å². The number of pyridine rings is 1. The van der Waals surface area contributed by atoms with E-state index < -0.39 is 0 Å². The topological polar surface area (TPSA) is 109 Å². The minimum Gasteiger partial charge on any atom is -0.469 e. The molecule has 3 rings (SSSR count). The normalized spacial score (nSPS) is 11.4. The van der Waals surface area contributed by atoms with E-state index in [2.05, 4.69) is 16.5 Å². The fourth-order valence-corrected chi connectivity index (χ4v) is 3.40. The van der Waals surface area contributed by atoms with Gasteiger partial charge in [-0.05, 0) is 24.5 Å². The number of unbranched alkanes of at least 4 members (excludes halogenated alkanes) is 1. The maximum Gasteiger partial charge on any atom is 0.305 e. The van der Waals surface area contributed by atoms with Crippen molar-refractivity contribution in [1.29, 1.82) is 0 Å². The number of aromatic nitrogens is 3. The van der Waals surface area contributed by atoms with Gasteiger partial charge in [-0.3, -0.25) is 4.79 Å². The highest BCUT2D eigenvalue weighted by Gasteiger charge is 2.17. The maximum absolute atomic E-state index is 11.4. The molecule has 0 aliphatic carbocycles. The van der Waals surface area contributed by atoms with E-state index in [1.165, 1.54) is 7.11 Å². The van der Waals surface area contributed by atoms with E-state index >= 15 is 0 Å². The van der Waals surface area contributed by atoms with E-state index in [-0.39, 0.29) is 5.97 Å². The predicted octanol–water partition coefficient (Wildman–Crippen LogP) is 2.57. The van der Waals surface area contributed by atoms with Gasteiger partial charge in [0.05, 0.1) is 18.1 Å². The van der Waals surface area contributed by atoms with Crippen molar-refractivity contribution in [2.75, 3.05) is 19.4 Å². The van der Waals surface area contributed by atoms with Gasteiger partial charge in [-0.25, -0.2) is 9.97 Å². The van der Waals surface area contributed by atoms with Crippen LogP contribution in [0.5, 0.6) is 0 Å². The van der Waals surface area contributed by atoms with Gasteiger partial charge in [0.15, 0.2) is 5.82 Å². The summed E-state index contributed by atoms with van der Waals surface area (Å²) in [7, 11) is 1.40. The zero-order valence-electron chi connectivity index (χ0n) is 16.0. The number of benzene rings is 1. The van der Waals surface area contributed by atoms with Gasteiger partial charge in [0.1, 0.15) is 11.3 Å². The number of methoxy groups -OCH3 is 1. The summed E-state index contributed by atoms with van der Waals surface area (Å²) in [5.41, 5.74) is 15.7. The van der Waals surface area contributed by atoms with Crippen molar-refractivity contribution in [3.63, 3.8) is 0 Å². The number of anilines is 1. The molecule has 7 nitrogen and oxygen atoms in total. The molecule has 1 aromatic carbocycles. The van der Waals surface area contributed by atoms with Gasteiger partial charge in [0.2, 0.25) is 0 Å². The van der Waals surface area contributed by atoms with Crippen LogP contribution in [0.1, 0.15) is 37.6 Å². The second-order valence-corrected chi connectivity index (χ2v) is 6.69. The van der Waals surface area contributed by atoms with Crippen LogP contribution in [0.4, 0.5) is 5.82 Å². The van der Waals surface area contributed by atoms with Crippen LogP contribution in [-0.4, -0.2) is 34.2 Å². The maximum atomic E-state index is 11.4. The SMILES string of the molecule is CCCCc1nc2c(N)nc3cc(CCC(=O)OC)ccc3c2n1CCN. The Bertz CT molecular complexity index is 964. The number of rotatable bonds is 8. The first kappa shape index (κ1) is 19.1. The number of carbonyl (C=O) groups excluding carboxylic acids is 1. The molecule has 0 spiro atoms. The third-order valence-corrected chi connectivity index (χ3v) is 4.80. The number of fused-ring (bicyclic) bond motifs is 3. The van der Waals surface area contributed by atoms with Gasteiger partial charge in [-0.2, -0.15) is 0 Å². The smallest absolute Gasteiger partial charge is 0.305 e. The highest BCUT2D eigenvalue weighted by molar-refractivity contribution is 6.06. The quantitative estimate of drug-likeness (QED) is 0.591. The molecule has 0 fully saturated rings. The summed E-state index contributed by atoms with van der Waals surface area (Å²) in [6.07, 6.45) is 4.00. The van der Waals surface area contributed by atoms with Gasteiger partial charge in [0, 0.05) is 31.3 Å². The molecule has 144 valence electrons. The third kappa shape index (κ3) is 3.88. The Hall–Kier alpha value is -2.67. The lowest BCUT2D eigenvalue weighted by Gasteiger charge is -2.10. The van der Waals surface area contributed by atoms with Gasteiger partial charge < -0.3 is 20.8 Å². The second-order valence-electron chi connectivity index (χ2n) is 6.69. The molecule has 0 atom stereocenters. The summed E-state index contributed by atoms with van der Waals surface area (Å²) in [5, 5.41) is 1.00. The average Bonchev–Trinajstić information content (AvgIpc) is 3.04. The Morgan fingerprint density at radius 2 is 2.07 bits per heavy atom. The molecular weight excluding hydrogens is 342 g/mol. The fourth-order valence-electron chi connectivity index (χ4n) is 3.40. The number of ether oxygens (including phenoxy) is 1. The molecule has 2 heterocycles. The highest BCUT2D eigenvalue weighted by Crippen LogP contribution is 2.30. The molecule has 27 heavy (non-hydrogen) atoms. The zero-order valence-corrected chi connectivity index (χ0v) is 16.0. The molecule has 0 amide bonds. The molecule has 0 bridgehead atoms. The molecule has 0 radical (unpaired) electrons. The van der Waals surface area contributed by atoms with Crippen molar-refractivity contribution in [1.82, 2.24) is 14.5 Å². The average molecular weight is 369 g/mol. The number of hydrogen-bond donors (Lipinski definition) is 2. The van der Waals surface area contributed by atoms with Crippen LogP contribution in [0.3, 0.4) is 0 Å². The number of hydrogen-bond acceptors (Lipinski definition) is 6. The Morgan fingerprint density at radius 1 is 1.26 bits per heavy atom. The van der Waals surface area contributed by atoms with E-state index in [1.807, 2.05) is 18.2 Å². The van der Waals surface area contributed by atoms with Crippen molar-refractivity contribution >= 4 is 33.7 Å². The summed E-state index contributed by atoms with van der Waals surface area (Å²) in [6, 6.07) is 6.04. The number of esters is 1. The van der Waals surface area contributed by atoms with Gasteiger partial charge >= 0.3 is 5.97 Å². The number of nitrogens with two attached hydrogens (primary N) is 2. The van der Waals surface area contributed by atoms with Crippen LogP contribution in [0, 0.1) is 0 Å². The van der Waals surface area contributed by atoms with E-state index in [0.29, 0.717) is 31.7 Å². The Morgan fingerprint density at radius 3 is 2.78 bits per heavy atom. The van der Waals surface area contributed by atoms with Gasteiger partial charge in [0.25, 0.3) is 0 Å². The summed E-state index contributed by atoms with van der Waals surface area (Å²) >= 11 is 0. The largest absolute Gasteiger partial charge is 0.469 e. The Labute approximate surface area is 158 Å². The second kappa shape index (κ2) is 8.35. The van der Waals surface area contributed by atoms with Crippen LogP contribution < -0.4 is 11.5 Å². The fraction of sp³-hybridized carbons (Fsp3) is 0.450. The molecule has 4 N–H and O–H groups in total. The van der Waals surface area contributed by atoms with Crippen LogP contribution in [-0.2, 0) is 28.9 Å². The van der Waals surface area contributed by atoms with Crippen LogP contribution in [0.15, 0.2) is 18.2 Å². The minimum atomic E-state index is -0.223. The number of carbonyl (C=O) groups is 1. The molecule has 0 aliphatic rings. The van der Waals surface area contributed by atoms with Gasteiger partial charge in [-0.15, -0.1) is 0 Å². The number of nitrogen functional groups attached to an aromatic ring is 1. The van der Waals surface area contributed by atoms with Crippen molar-refractivity contribution < 1.29 is 9.53 Å². The molecule has 0 saturated carbocycles. The molecule has 7 heteroatoms. The van der Waals surface area contributed by atoms with Crippen LogP contribution in [0.2, 0.25) is 0 Å². The summed E-state index contributed by atoms with van der Waals surface area (Å²) in [5.74, 6) is 1.21. The zero-order chi connectivity index (χ0) is 19.4. The van der Waals surface area contributed by atoms with E-state index in [9.17, 15) is 4.79 Å². The lowest BCUT2D eigenvalue weighted by Crippen LogP contribution is -2.13. The monoisotopic (exact) mass is 369 g/mol. The standard InChI is InChI=1S/C20H27N5O2/c1-3-4-5-16-24-18-19(25(16)11-10-21)14-8-6-13(7-9-17(26)27-2)12-15(14)23-20(18)22/h6,8,12H,3-5,7,9-11,21H2,1-2H3,(H2,22,23). The van der Waals surface area contributed by atoms with Gasteiger partial charge in [-0.1, -0.05) is 25.5 Å². The lowest BCUT2D eigenvalue weighted by atomic mass is 10.1. The Balaban J connectivity index is 2.10. The minimum absolute atomic E-state index is 0.223. The number of nitrogens with zero attached hydrogens (tertiary/aromatic N) is 3. The van der Waals surface area contributed by atoms with E-state index in [4.69, 9.17) is 21.2 Å². The van der Waals surface area contributed by atoms with E-state index in [0.717, 1.165) is 52.6 Å². The summed E-state index contributed by atoms with van der Waals surface area (Å²) in [6.45, 7) is 3.39. The predicted molar refractivity (Wildman–Crippen MR) is 107 cm³/mol. The summed E-state index contributed by atoms with van der Waals surface area (Å²) < 4.78 is 6.90. The molecular formula is C20H27N5O2. The molecule has 0 saturated heterocycles. The van der Waals surface area contributed by atoms with Crippen LogP contribution >= 0.6 is 0 Å². The molecule has 0 unspecified atom stereocenters. The van der Waals surface area contributed by atoms with Crippen molar-refractivity contribution in [2.24, 2.45) is 5.73 Å². The lowest BCUT2D eigenvalue weighted by molar-refractivity contribution is -0.140. The first-order valence-corrected chi connectivity index (χ1v) is 9.43. The summed E-state index contributed by atoms with van der Waals surface area (Å²) in [4.78, 5) is 20.7. The number of imidazole rings is 1. The van der Waals surface area contributed by atoms with Crippen molar-refractivity contribution in [2.45, 2.75) is 45.6 Å². The molecule has 0 aliphatic heterocycles. The number of aryl methyl sites for hydroxylation is 2. The first-order valence-electron chi connectivity index (χ1n) is 9.43. The molecule has 2 aromatic heterocycles.